The molecule has 3 N–H and O–H groups in total. The van der Waals surface area contributed by atoms with Gasteiger partial charge in [0.05, 0.1) is 7.11 Å². The van der Waals surface area contributed by atoms with Crippen LogP contribution in [-0.2, 0) is 11.3 Å². The Kier molecular flexibility index (Phi) is 4.79. The van der Waals surface area contributed by atoms with Crippen LogP contribution in [0, 0.1) is 6.92 Å². The second kappa shape index (κ2) is 6.12. The van der Waals surface area contributed by atoms with E-state index < -0.39 is 0 Å². The number of carbonyl (C=O) groups is 1. The summed E-state index contributed by atoms with van der Waals surface area (Å²) in [4.78, 5) is 10.5. The van der Waals surface area contributed by atoms with Crippen molar-refractivity contribution in [1.82, 2.24) is 5.32 Å². The van der Waals surface area contributed by atoms with E-state index in [0.29, 0.717) is 19.5 Å². The minimum Gasteiger partial charge on any atom is -0.496 e. The van der Waals surface area contributed by atoms with Crippen molar-refractivity contribution in [1.29, 1.82) is 0 Å². The van der Waals surface area contributed by atoms with Crippen LogP contribution in [0.4, 0.5) is 0 Å². The highest BCUT2D eigenvalue weighted by atomic mass is 16.5. The normalized spacial score (nSPS) is 10.1. The molecule has 1 rings (SSSR count). The second-order valence-electron chi connectivity index (χ2n) is 3.71. The molecule has 16 heavy (non-hydrogen) atoms. The predicted molar refractivity (Wildman–Crippen MR) is 63.2 cm³/mol. The van der Waals surface area contributed by atoms with Gasteiger partial charge in [-0.3, -0.25) is 4.79 Å². The van der Waals surface area contributed by atoms with E-state index in [1.165, 1.54) is 5.56 Å². The van der Waals surface area contributed by atoms with E-state index in [-0.39, 0.29) is 5.91 Å². The first kappa shape index (κ1) is 12.5. The maximum Gasteiger partial charge on any atom is 0.218 e. The lowest BCUT2D eigenvalue weighted by atomic mass is 10.1. The van der Waals surface area contributed by atoms with E-state index in [2.05, 4.69) is 11.4 Å². The molecule has 0 heterocycles. The third kappa shape index (κ3) is 3.90. The van der Waals surface area contributed by atoms with Crippen LogP contribution in [-0.4, -0.2) is 19.6 Å². The Balaban J connectivity index is 2.51. The molecular formula is C12H18N2O2. The van der Waals surface area contributed by atoms with Crippen LogP contribution in [0.2, 0.25) is 0 Å². The zero-order valence-electron chi connectivity index (χ0n) is 9.75. The number of carbonyl (C=O) groups excluding carboxylic acids is 1. The lowest BCUT2D eigenvalue weighted by Gasteiger charge is -2.10. The second-order valence-corrected chi connectivity index (χ2v) is 3.71. The SMILES string of the molecule is COc1ccc(C)cc1CNCCC(N)=O. The fraction of sp³-hybridized carbons (Fsp3) is 0.417. The molecule has 88 valence electrons. The molecule has 0 aliphatic carbocycles. The van der Waals surface area contributed by atoms with Crippen LogP contribution >= 0.6 is 0 Å². The highest BCUT2D eigenvalue weighted by Gasteiger charge is 2.02. The molecule has 0 fully saturated rings. The Morgan fingerprint density at radius 1 is 1.50 bits per heavy atom. The maximum absolute atomic E-state index is 10.5. The summed E-state index contributed by atoms with van der Waals surface area (Å²) in [6.07, 6.45) is 0.355. The fourth-order valence-electron chi connectivity index (χ4n) is 1.48. The summed E-state index contributed by atoms with van der Waals surface area (Å²) in [5.41, 5.74) is 7.33. The summed E-state index contributed by atoms with van der Waals surface area (Å²) >= 11 is 0. The number of amides is 1. The van der Waals surface area contributed by atoms with E-state index in [4.69, 9.17) is 10.5 Å². The first-order valence-corrected chi connectivity index (χ1v) is 5.26. The van der Waals surface area contributed by atoms with Crippen LogP contribution in [0.5, 0.6) is 5.75 Å². The molecule has 0 aliphatic rings. The van der Waals surface area contributed by atoms with E-state index >= 15 is 0 Å². The zero-order valence-corrected chi connectivity index (χ0v) is 9.75. The number of rotatable bonds is 6. The number of hydrogen-bond acceptors (Lipinski definition) is 3. The van der Waals surface area contributed by atoms with Crippen molar-refractivity contribution in [2.24, 2.45) is 5.73 Å². The summed E-state index contributed by atoms with van der Waals surface area (Å²) in [6, 6.07) is 6.02. The maximum atomic E-state index is 10.5. The minimum atomic E-state index is -0.288. The molecule has 4 heteroatoms. The monoisotopic (exact) mass is 222 g/mol. The first-order valence-electron chi connectivity index (χ1n) is 5.26. The molecule has 0 unspecified atom stereocenters. The van der Waals surface area contributed by atoms with Gasteiger partial charge in [0.2, 0.25) is 5.91 Å². The van der Waals surface area contributed by atoms with Gasteiger partial charge in [-0.05, 0) is 13.0 Å². The molecule has 0 aromatic heterocycles. The number of primary amides is 1. The van der Waals surface area contributed by atoms with Crippen LogP contribution < -0.4 is 15.8 Å². The molecule has 1 aromatic rings. The number of methoxy groups -OCH3 is 1. The molecule has 0 aliphatic heterocycles. The molecular weight excluding hydrogens is 204 g/mol. The summed E-state index contributed by atoms with van der Waals surface area (Å²) in [7, 11) is 1.65. The number of ether oxygens (including phenoxy) is 1. The smallest absolute Gasteiger partial charge is 0.218 e. The highest BCUT2D eigenvalue weighted by molar-refractivity contribution is 5.73. The van der Waals surface area contributed by atoms with Crippen molar-refractivity contribution < 1.29 is 9.53 Å². The van der Waals surface area contributed by atoms with E-state index in [1.807, 2.05) is 19.1 Å². The van der Waals surface area contributed by atoms with Gasteiger partial charge >= 0.3 is 0 Å². The Morgan fingerprint density at radius 3 is 2.88 bits per heavy atom. The van der Waals surface area contributed by atoms with Crippen molar-refractivity contribution in [3.63, 3.8) is 0 Å². The van der Waals surface area contributed by atoms with E-state index in [0.717, 1.165) is 11.3 Å². The van der Waals surface area contributed by atoms with Crippen molar-refractivity contribution in [3.8, 4) is 5.75 Å². The quantitative estimate of drug-likeness (QED) is 0.705. The van der Waals surface area contributed by atoms with Crippen LogP contribution in [0.3, 0.4) is 0 Å². The third-order valence-corrected chi connectivity index (χ3v) is 2.30. The van der Waals surface area contributed by atoms with Gasteiger partial charge in [-0.2, -0.15) is 0 Å². The lowest BCUT2D eigenvalue weighted by molar-refractivity contribution is -0.117. The summed E-state index contributed by atoms with van der Waals surface area (Å²) in [5, 5.41) is 3.15. The van der Waals surface area contributed by atoms with Gasteiger partial charge in [0.25, 0.3) is 0 Å². The predicted octanol–water partition coefficient (Wildman–Crippen LogP) is 0.969. The third-order valence-electron chi connectivity index (χ3n) is 2.30. The molecule has 0 radical (unpaired) electrons. The van der Waals surface area contributed by atoms with Crippen LogP contribution in [0.25, 0.3) is 0 Å². The average Bonchev–Trinajstić information content (AvgIpc) is 2.24. The molecule has 0 spiro atoms. The van der Waals surface area contributed by atoms with Crippen molar-refractivity contribution in [2.75, 3.05) is 13.7 Å². The largest absolute Gasteiger partial charge is 0.496 e. The van der Waals surface area contributed by atoms with Crippen molar-refractivity contribution in [2.45, 2.75) is 19.9 Å². The number of hydrogen-bond donors (Lipinski definition) is 2. The van der Waals surface area contributed by atoms with Gasteiger partial charge in [-0.15, -0.1) is 0 Å². The Morgan fingerprint density at radius 2 is 2.25 bits per heavy atom. The average molecular weight is 222 g/mol. The zero-order chi connectivity index (χ0) is 12.0. The first-order chi connectivity index (χ1) is 7.63. The summed E-state index contributed by atoms with van der Waals surface area (Å²) < 4.78 is 5.25. The van der Waals surface area contributed by atoms with Crippen LogP contribution in [0.15, 0.2) is 18.2 Å². The van der Waals surface area contributed by atoms with Gasteiger partial charge < -0.3 is 15.8 Å². The molecule has 0 bridgehead atoms. The highest BCUT2D eigenvalue weighted by Crippen LogP contribution is 2.19. The van der Waals surface area contributed by atoms with Crippen molar-refractivity contribution in [3.05, 3.63) is 29.3 Å². The standard InChI is InChI=1S/C12H18N2O2/c1-9-3-4-11(16-2)10(7-9)8-14-6-5-12(13)15/h3-4,7,14H,5-6,8H2,1-2H3,(H2,13,15). The molecule has 1 amide bonds. The number of aryl methyl sites for hydroxylation is 1. The van der Waals surface area contributed by atoms with E-state index in [9.17, 15) is 4.79 Å². The Bertz CT molecular complexity index is 364. The summed E-state index contributed by atoms with van der Waals surface area (Å²) in [5.74, 6) is 0.570. The van der Waals surface area contributed by atoms with Crippen molar-refractivity contribution >= 4 is 5.91 Å². The topological polar surface area (TPSA) is 64.3 Å². The number of benzene rings is 1. The number of nitrogens with one attached hydrogen (secondary N) is 1. The minimum absolute atomic E-state index is 0.288. The lowest BCUT2D eigenvalue weighted by Crippen LogP contribution is -2.21. The molecule has 0 saturated carbocycles. The summed E-state index contributed by atoms with van der Waals surface area (Å²) in [6.45, 7) is 3.30. The van der Waals surface area contributed by atoms with Crippen LogP contribution in [0.1, 0.15) is 17.5 Å². The van der Waals surface area contributed by atoms with Gasteiger partial charge in [-0.1, -0.05) is 17.7 Å². The number of nitrogens with two attached hydrogens (primary N) is 1. The Labute approximate surface area is 95.8 Å². The van der Waals surface area contributed by atoms with Gasteiger partial charge in [0, 0.05) is 25.1 Å². The van der Waals surface area contributed by atoms with Gasteiger partial charge in [0.15, 0.2) is 0 Å². The Hall–Kier alpha value is -1.55. The molecule has 0 saturated heterocycles. The van der Waals surface area contributed by atoms with Gasteiger partial charge in [0.1, 0.15) is 5.75 Å². The fourth-order valence-corrected chi connectivity index (χ4v) is 1.48. The van der Waals surface area contributed by atoms with E-state index in [1.54, 1.807) is 7.11 Å². The van der Waals surface area contributed by atoms with Gasteiger partial charge in [-0.25, -0.2) is 0 Å². The molecule has 0 atom stereocenters. The molecule has 1 aromatic carbocycles. The molecule has 4 nitrogen and oxygen atoms in total.